The number of hydrogen-bond donors (Lipinski definition) is 0. The fourth-order valence-electron chi connectivity index (χ4n) is 1.73. The van der Waals surface area contributed by atoms with Crippen molar-refractivity contribution in [2.45, 2.75) is 17.8 Å². The number of rotatable bonds is 4. The Morgan fingerprint density at radius 1 is 1.00 bits per heavy atom. The normalized spacial score (nSPS) is 13.3. The molecular formula is C12H5F6N2O3-. The third-order valence-corrected chi connectivity index (χ3v) is 2.99. The minimum Gasteiger partial charge on any atom is -0.544 e. The van der Waals surface area contributed by atoms with Gasteiger partial charge in [0.1, 0.15) is 12.3 Å². The summed E-state index contributed by atoms with van der Waals surface area (Å²) in [6, 6.07) is 4.98. The zero-order chi connectivity index (χ0) is 17.6. The Bertz CT molecular complexity index is 786. The van der Waals surface area contributed by atoms with Gasteiger partial charge in [0.15, 0.2) is 0 Å². The van der Waals surface area contributed by atoms with Crippen molar-refractivity contribution in [1.82, 2.24) is 9.55 Å². The van der Waals surface area contributed by atoms with Crippen LogP contribution in [0.25, 0.3) is 11.0 Å². The number of carbonyl (C=O) groups excluding carboxylic acids is 2. The van der Waals surface area contributed by atoms with Crippen LogP contribution in [0.15, 0.2) is 30.6 Å². The molecule has 124 valence electrons. The van der Waals surface area contributed by atoms with Crippen molar-refractivity contribution in [3.63, 3.8) is 0 Å². The molecule has 1 aromatic carbocycles. The maximum absolute atomic E-state index is 13.6. The summed E-state index contributed by atoms with van der Waals surface area (Å²) in [7, 11) is 0. The minimum absolute atomic E-state index is 0.0355. The molecule has 0 aliphatic carbocycles. The van der Waals surface area contributed by atoms with Crippen LogP contribution in [0, 0.1) is 0 Å². The number of carboxylic acids is 1. The maximum atomic E-state index is 13.6. The number of para-hydroxylation sites is 2. The van der Waals surface area contributed by atoms with Crippen LogP contribution in [0.3, 0.4) is 0 Å². The first-order valence-electron chi connectivity index (χ1n) is 5.76. The second kappa shape index (κ2) is 4.96. The molecule has 0 fully saturated rings. The smallest absolute Gasteiger partial charge is 0.393 e. The van der Waals surface area contributed by atoms with E-state index < -0.39 is 29.6 Å². The summed E-state index contributed by atoms with van der Waals surface area (Å²) in [5.41, 5.74) is -0.378. The maximum Gasteiger partial charge on any atom is 0.393 e. The van der Waals surface area contributed by atoms with Gasteiger partial charge in [-0.25, -0.2) is 4.98 Å². The van der Waals surface area contributed by atoms with E-state index in [9.17, 15) is 41.0 Å². The summed E-state index contributed by atoms with van der Waals surface area (Å²) < 4.78 is 79.5. The van der Waals surface area contributed by atoms with Gasteiger partial charge in [-0.3, -0.25) is 9.36 Å². The molecule has 0 aliphatic rings. The van der Waals surface area contributed by atoms with Gasteiger partial charge in [0.05, 0.1) is 11.0 Å². The van der Waals surface area contributed by atoms with E-state index in [1.54, 1.807) is 0 Å². The summed E-state index contributed by atoms with van der Waals surface area (Å²) >= 11 is 0. The molecule has 5 nitrogen and oxygen atoms in total. The monoisotopic (exact) mass is 339 g/mol. The zero-order valence-electron chi connectivity index (χ0n) is 10.8. The zero-order valence-corrected chi connectivity index (χ0v) is 10.8. The predicted molar refractivity (Wildman–Crippen MR) is 60.2 cm³/mol. The molecule has 0 amide bonds. The van der Waals surface area contributed by atoms with E-state index in [-0.39, 0.29) is 15.6 Å². The van der Waals surface area contributed by atoms with E-state index in [4.69, 9.17) is 0 Å². The van der Waals surface area contributed by atoms with Crippen LogP contribution in [-0.2, 0) is 4.79 Å². The summed E-state index contributed by atoms with van der Waals surface area (Å²) in [5, 5.41) is 10.0. The molecule has 0 aliphatic heterocycles. The number of hydrogen-bond acceptors (Lipinski definition) is 4. The Labute approximate surface area is 123 Å². The van der Waals surface area contributed by atoms with Crippen molar-refractivity contribution in [2.24, 2.45) is 0 Å². The SMILES string of the molecule is O=C([O-])C(F)(F)C(F)(F)C(F)(F)C(=O)n1cnc2ccccc21. The van der Waals surface area contributed by atoms with Crippen LogP contribution in [-0.4, -0.2) is 39.2 Å². The van der Waals surface area contributed by atoms with Crippen LogP contribution >= 0.6 is 0 Å². The number of benzene rings is 1. The lowest BCUT2D eigenvalue weighted by atomic mass is 10.0. The number of aliphatic carboxylic acids is 1. The third kappa shape index (κ3) is 2.23. The number of halogens is 6. The van der Waals surface area contributed by atoms with Crippen molar-refractivity contribution >= 4 is 22.9 Å². The van der Waals surface area contributed by atoms with E-state index in [0.29, 0.717) is 6.33 Å². The van der Waals surface area contributed by atoms with Gasteiger partial charge in [-0.2, -0.15) is 26.3 Å². The third-order valence-electron chi connectivity index (χ3n) is 2.99. The number of fused-ring (bicyclic) bond motifs is 1. The second-order valence-corrected chi connectivity index (χ2v) is 4.42. The standard InChI is InChI=1S/C12H6F6N2O3/c13-10(14,12(17,18)11(15,16)9(22)23)8(21)20-5-19-6-3-1-2-4-7(6)20/h1-5H,(H,22,23)/p-1. The highest BCUT2D eigenvalue weighted by Crippen LogP contribution is 2.46. The molecule has 0 bridgehead atoms. The van der Waals surface area contributed by atoms with Gasteiger partial charge in [0.25, 0.3) is 0 Å². The fourth-order valence-corrected chi connectivity index (χ4v) is 1.73. The summed E-state index contributed by atoms with van der Waals surface area (Å²) in [4.78, 5) is 25.1. The first-order valence-corrected chi connectivity index (χ1v) is 5.76. The molecular weight excluding hydrogens is 334 g/mol. The number of alkyl halides is 6. The first-order chi connectivity index (χ1) is 10.4. The number of carbonyl (C=O) groups is 2. The quantitative estimate of drug-likeness (QED) is 0.788. The molecule has 0 spiro atoms. The van der Waals surface area contributed by atoms with Crippen molar-refractivity contribution in [3.8, 4) is 0 Å². The van der Waals surface area contributed by atoms with Gasteiger partial charge in [-0.1, -0.05) is 12.1 Å². The Kier molecular flexibility index (Phi) is 3.62. The van der Waals surface area contributed by atoms with Gasteiger partial charge in [-0.15, -0.1) is 0 Å². The Hall–Kier alpha value is -2.59. The van der Waals surface area contributed by atoms with Crippen molar-refractivity contribution in [3.05, 3.63) is 30.6 Å². The van der Waals surface area contributed by atoms with Crippen LogP contribution < -0.4 is 5.11 Å². The summed E-state index contributed by atoms with van der Waals surface area (Å²) in [6.07, 6.45) is 0.439. The first kappa shape index (κ1) is 16.8. The topological polar surface area (TPSA) is 75.0 Å². The van der Waals surface area contributed by atoms with Crippen LogP contribution in [0.4, 0.5) is 26.3 Å². The van der Waals surface area contributed by atoms with E-state index in [1.807, 2.05) is 0 Å². The van der Waals surface area contributed by atoms with Crippen LogP contribution in [0.5, 0.6) is 0 Å². The lowest BCUT2D eigenvalue weighted by molar-refractivity contribution is -0.363. The largest absolute Gasteiger partial charge is 0.544 e. The lowest BCUT2D eigenvalue weighted by Crippen LogP contribution is -2.64. The summed E-state index contributed by atoms with van der Waals surface area (Å²) in [5.74, 6) is -25.3. The number of carboxylic acid groups (broad SMARTS) is 1. The molecule has 0 saturated heterocycles. The predicted octanol–water partition coefficient (Wildman–Crippen LogP) is 1.33. The van der Waals surface area contributed by atoms with Gasteiger partial charge in [0, 0.05) is 0 Å². The Morgan fingerprint density at radius 3 is 2.13 bits per heavy atom. The molecule has 2 aromatic rings. The highest BCUT2D eigenvalue weighted by atomic mass is 19.3. The number of aromatic nitrogens is 2. The van der Waals surface area contributed by atoms with Crippen LogP contribution in [0.1, 0.15) is 4.79 Å². The highest BCUT2D eigenvalue weighted by molar-refractivity contribution is 5.95. The van der Waals surface area contributed by atoms with Gasteiger partial charge in [0.2, 0.25) is 0 Å². The van der Waals surface area contributed by atoms with Crippen molar-refractivity contribution in [1.29, 1.82) is 0 Å². The lowest BCUT2D eigenvalue weighted by Gasteiger charge is -2.32. The second-order valence-electron chi connectivity index (χ2n) is 4.42. The fraction of sp³-hybridized carbons (Fsp3) is 0.250. The van der Waals surface area contributed by atoms with E-state index in [1.165, 1.54) is 18.2 Å². The van der Waals surface area contributed by atoms with Gasteiger partial charge in [-0.05, 0) is 12.1 Å². The number of nitrogens with zero attached hydrogens (tertiary/aromatic N) is 2. The Morgan fingerprint density at radius 2 is 1.57 bits per heavy atom. The van der Waals surface area contributed by atoms with E-state index in [2.05, 4.69) is 4.98 Å². The van der Waals surface area contributed by atoms with Crippen molar-refractivity contribution < 1.29 is 41.0 Å². The van der Waals surface area contributed by atoms with Gasteiger partial charge >= 0.3 is 23.7 Å². The Balaban J connectivity index is 2.54. The molecule has 2 rings (SSSR count). The molecule has 0 radical (unpaired) electrons. The minimum atomic E-state index is -6.51. The molecule has 0 atom stereocenters. The summed E-state index contributed by atoms with van der Waals surface area (Å²) in [6.45, 7) is 0. The molecule has 1 heterocycles. The molecule has 0 N–H and O–H groups in total. The average molecular weight is 339 g/mol. The average Bonchev–Trinajstić information content (AvgIpc) is 2.89. The van der Waals surface area contributed by atoms with E-state index >= 15 is 0 Å². The number of imidazole rings is 1. The molecule has 0 unspecified atom stereocenters. The van der Waals surface area contributed by atoms with Crippen LogP contribution in [0.2, 0.25) is 0 Å². The molecule has 23 heavy (non-hydrogen) atoms. The van der Waals surface area contributed by atoms with Gasteiger partial charge < -0.3 is 9.90 Å². The molecule has 0 saturated carbocycles. The highest BCUT2D eigenvalue weighted by Gasteiger charge is 2.76. The molecule has 1 aromatic heterocycles. The molecule has 11 heteroatoms. The van der Waals surface area contributed by atoms with Crippen molar-refractivity contribution in [2.75, 3.05) is 0 Å². The van der Waals surface area contributed by atoms with E-state index in [0.717, 1.165) is 6.07 Å².